The first-order chi connectivity index (χ1) is 18.4. The van der Waals surface area contributed by atoms with E-state index >= 15 is 0 Å². The lowest BCUT2D eigenvalue weighted by molar-refractivity contribution is -0.139. The average molecular weight is 514 g/mol. The number of amides is 2. The largest absolute Gasteiger partial charge is 0.481 e. The summed E-state index contributed by atoms with van der Waals surface area (Å²) in [4.78, 5) is 43.5. The summed E-state index contributed by atoms with van der Waals surface area (Å²) in [5.74, 6) is -1.63. The number of fused-ring (bicyclic) bond motifs is 1. The third-order valence-electron chi connectivity index (χ3n) is 7.01. The summed E-state index contributed by atoms with van der Waals surface area (Å²) in [6.45, 7) is 2.63. The van der Waals surface area contributed by atoms with Gasteiger partial charge in [-0.2, -0.15) is 0 Å². The number of hydrogen-bond acceptors (Lipinski definition) is 4. The summed E-state index contributed by atoms with van der Waals surface area (Å²) in [5, 5.41) is 9.58. The minimum Gasteiger partial charge on any atom is -0.481 e. The maximum Gasteiger partial charge on any atom is 0.305 e. The van der Waals surface area contributed by atoms with E-state index in [0.29, 0.717) is 29.9 Å². The van der Waals surface area contributed by atoms with E-state index in [1.54, 1.807) is 11.8 Å². The summed E-state index contributed by atoms with van der Waals surface area (Å²) in [5.41, 5.74) is 9.18. The predicted molar refractivity (Wildman–Crippen MR) is 148 cm³/mol. The quantitative estimate of drug-likeness (QED) is 0.353. The normalized spacial score (nSPS) is 16.2. The van der Waals surface area contributed by atoms with Crippen molar-refractivity contribution in [2.24, 2.45) is 5.73 Å². The van der Waals surface area contributed by atoms with Crippen LogP contribution in [0.25, 0.3) is 0 Å². The van der Waals surface area contributed by atoms with Crippen molar-refractivity contribution in [1.82, 2.24) is 4.90 Å². The monoisotopic (exact) mass is 513 g/mol. The van der Waals surface area contributed by atoms with Crippen LogP contribution in [0.3, 0.4) is 0 Å². The molecule has 1 heterocycles. The SMILES string of the molecule is CC(CC(=O)O)N1C(=O)c2cc(CCCCCN)ccc2N(Cc2ccccc2)C(=O)C1c1ccccc1. The molecule has 0 radical (unpaired) electrons. The Morgan fingerprint density at radius 3 is 2.26 bits per heavy atom. The van der Waals surface area contributed by atoms with E-state index in [9.17, 15) is 19.5 Å². The first-order valence-electron chi connectivity index (χ1n) is 13.2. The van der Waals surface area contributed by atoms with Gasteiger partial charge in [0.1, 0.15) is 6.04 Å². The highest BCUT2D eigenvalue weighted by molar-refractivity contribution is 6.11. The van der Waals surface area contributed by atoms with Crippen molar-refractivity contribution in [3.05, 3.63) is 101 Å². The van der Waals surface area contributed by atoms with Crippen LogP contribution < -0.4 is 10.6 Å². The molecule has 1 aliphatic heterocycles. The van der Waals surface area contributed by atoms with Crippen molar-refractivity contribution in [3.63, 3.8) is 0 Å². The molecule has 1 aliphatic rings. The zero-order valence-electron chi connectivity index (χ0n) is 21.8. The van der Waals surface area contributed by atoms with Gasteiger partial charge in [0.25, 0.3) is 11.8 Å². The standard InChI is InChI=1S/C31H35N3O4/c1-22(19-28(35)36)34-29(25-14-8-3-9-15-25)31(38)33(21-24-12-5-2-6-13-24)27-17-16-23(11-7-4-10-18-32)20-26(27)30(34)37/h2-3,5-6,8-9,12-17,20,22,29H,4,7,10-11,18-19,21,32H2,1H3,(H,35,36). The highest BCUT2D eigenvalue weighted by Crippen LogP contribution is 2.38. The molecule has 4 rings (SSSR count). The number of nitrogens with zero attached hydrogens (tertiary/aromatic N) is 2. The van der Waals surface area contributed by atoms with Crippen LogP contribution in [0, 0.1) is 0 Å². The number of anilines is 1. The Morgan fingerprint density at radius 1 is 0.921 bits per heavy atom. The molecule has 198 valence electrons. The lowest BCUT2D eigenvalue weighted by atomic mass is 10.00. The molecule has 38 heavy (non-hydrogen) atoms. The highest BCUT2D eigenvalue weighted by Gasteiger charge is 2.43. The summed E-state index contributed by atoms with van der Waals surface area (Å²) in [7, 11) is 0. The van der Waals surface area contributed by atoms with Gasteiger partial charge in [0.05, 0.1) is 24.2 Å². The molecule has 0 saturated carbocycles. The van der Waals surface area contributed by atoms with Crippen LogP contribution in [0.5, 0.6) is 0 Å². The molecule has 3 N–H and O–H groups in total. The number of benzene rings is 3. The van der Waals surface area contributed by atoms with E-state index in [1.807, 2.05) is 78.9 Å². The van der Waals surface area contributed by atoms with Crippen LogP contribution in [0.4, 0.5) is 5.69 Å². The number of carbonyl (C=O) groups is 3. The van der Waals surface area contributed by atoms with Gasteiger partial charge in [-0.3, -0.25) is 14.4 Å². The fourth-order valence-corrected chi connectivity index (χ4v) is 5.11. The molecule has 2 atom stereocenters. The number of unbranched alkanes of at least 4 members (excludes halogenated alkanes) is 2. The maximum absolute atomic E-state index is 14.4. The average Bonchev–Trinajstić information content (AvgIpc) is 3.00. The number of carboxylic acids is 1. The van der Waals surface area contributed by atoms with Crippen LogP contribution in [0.2, 0.25) is 0 Å². The maximum atomic E-state index is 14.4. The molecule has 2 unspecified atom stereocenters. The molecule has 3 aromatic rings. The second-order valence-corrected chi connectivity index (χ2v) is 9.83. The zero-order valence-corrected chi connectivity index (χ0v) is 21.8. The fourth-order valence-electron chi connectivity index (χ4n) is 5.11. The molecule has 0 bridgehead atoms. The second-order valence-electron chi connectivity index (χ2n) is 9.83. The smallest absolute Gasteiger partial charge is 0.305 e. The Hall–Kier alpha value is -3.97. The molecule has 3 aromatic carbocycles. The van der Waals surface area contributed by atoms with Crippen molar-refractivity contribution < 1.29 is 19.5 Å². The summed E-state index contributed by atoms with van der Waals surface area (Å²) >= 11 is 0. The Kier molecular flexibility index (Phi) is 8.92. The van der Waals surface area contributed by atoms with E-state index in [0.717, 1.165) is 36.8 Å². The third kappa shape index (κ3) is 6.11. The number of carboxylic acid groups (broad SMARTS) is 1. The summed E-state index contributed by atoms with van der Waals surface area (Å²) < 4.78 is 0. The van der Waals surface area contributed by atoms with Crippen LogP contribution in [0.15, 0.2) is 78.9 Å². The number of aryl methyl sites for hydroxylation is 1. The van der Waals surface area contributed by atoms with Gasteiger partial charge in [-0.05, 0) is 61.6 Å². The van der Waals surface area contributed by atoms with Gasteiger partial charge in [-0.1, -0.05) is 73.2 Å². The summed E-state index contributed by atoms with van der Waals surface area (Å²) in [6.07, 6.45) is 3.41. The molecule has 0 fully saturated rings. The van der Waals surface area contributed by atoms with Gasteiger partial charge >= 0.3 is 5.97 Å². The Bertz CT molecular complexity index is 1260. The lowest BCUT2D eigenvalue weighted by Gasteiger charge is -2.35. The number of aliphatic carboxylic acids is 1. The van der Waals surface area contributed by atoms with Gasteiger partial charge in [-0.15, -0.1) is 0 Å². The Morgan fingerprint density at radius 2 is 1.61 bits per heavy atom. The van der Waals surface area contributed by atoms with E-state index in [-0.39, 0.29) is 18.2 Å². The van der Waals surface area contributed by atoms with Crippen molar-refractivity contribution >= 4 is 23.5 Å². The zero-order chi connectivity index (χ0) is 27.1. The Labute approximate surface area is 223 Å². The van der Waals surface area contributed by atoms with Crippen LogP contribution >= 0.6 is 0 Å². The van der Waals surface area contributed by atoms with Gasteiger partial charge in [0.2, 0.25) is 0 Å². The molecule has 7 nitrogen and oxygen atoms in total. The van der Waals surface area contributed by atoms with E-state index in [4.69, 9.17) is 5.73 Å². The minimum atomic E-state index is -1.02. The first kappa shape index (κ1) is 27.1. The van der Waals surface area contributed by atoms with Crippen molar-refractivity contribution in [2.45, 2.75) is 57.7 Å². The molecule has 7 heteroatoms. The lowest BCUT2D eigenvalue weighted by Crippen LogP contribution is -2.47. The minimum absolute atomic E-state index is 0.264. The third-order valence-corrected chi connectivity index (χ3v) is 7.01. The summed E-state index contributed by atoms with van der Waals surface area (Å²) in [6, 6.07) is 22.9. The van der Waals surface area contributed by atoms with Crippen LogP contribution in [-0.4, -0.2) is 40.4 Å². The predicted octanol–water partition coefficient (Wildman–Crippen LogP) is 4.95. The molecule has 0 aliphatic carbocycles. The molecule has 0 spiro atoms. The molecular formula is C31H35N3O4. The number of carbonyl (C=O) groups excluding carboxylic acids is 2. The van der Waals surface area contributed by atoms with Crippen molar-refractivity contribution in [2.75, 3.05) is 11.4 Å². The molecule has 2 amide bonds. The number of hydrogen-bond donors (Lipinski definition) is 2. The van der Waals surface area contributed by atoms with Crippen LogP contribution in [-0.2, 0) is 22.6 Å². The van der Waals surface area contributed by atoms with Crippen LogP contribution in [0.1, 0.15) is 65.7 Å². The highest BCUT2D eigenvalue weighted by atomic mass is 16.4. The fraction of sp³-hybridized carbons (Fsp3) is 0.323. The van der Waals surface area contributed by atoms with Gasteiger partial charge < -0.3 is 20.6 Å². The van der Waals surface area contributed by atoms with E-state index in [1.165, 1.54) is 4.90 Å². The topological polar surface area (TPSA) is 104 Å². The number of nitrogens with two attached hydrogens (primary N) is 1. The number of rotatable bonds is 11. The van der Waals surface area contributed by atoms with Gasteiger partial charge in [-0.25, -0.2) is 0 Å². The second kappa shape index (κ2) is 12.5. The molecule has 0 aromatic heterocycles. The van der Waals surface area contributed by atoms with Gasteiger partial charge in [0.15, 0.2) is 0 Å². The van der Waals surface area contributed by atoms with E-state index in [2.05, 4.69) is 0 Å². The van der Waals surface area contributed by atoms with E-state index < -0.39 is 18.1 Å². The molecule has 0 saturated heterocycles. The van der Waals surface area contributed by atoms with Gasteiger partial charge in [0, 0.05) is 6.04 Å². The molecular weight excluding hydrogens is 478 g/mol. The first-order valence-corrected chi connectivity index (χ1v) is 13.2. The van der Waals surface area contributed by atoms with Crippen molar-refractivity contribution in [1.29, 1.82) is 0 Å². The van der Waals surface area contributed by atoms with Crippen molar-refractivity contribution in [3.8, 4) is 0 Å². The Balaban J connectivity index is 1.84.